The Morgan fingerprint density at radius 3 is 2.67 bits per heavy atom. The van der Waals surface area contributed by atoms with E-state index in [2.05, 4.69) is 29.4 Å². The number of furan rings is 1. The lowest BCUT2D eigenvalue weighted by atomic mass is 10.2. The van der Waals surface area contributed by atoms with E-state index in [4.69, 9.17) is 13.9 Å². The van der Waals surface area contributed by atoms with Gasteiger partial charge in [0.25, 0.3) is 0 Å². The van der Waals surface area contributed by atoms with Gasteiger partial charge in [0.2, 0.25) is 5.91 Å². The lowest BCUT2D eigenvalue weighted by Crippen LogP contribution is -2.16. The van der Waals surface area contributed by atoms with E-state index in [-0.39, 0.29) is 11.7 Å². The fraction of sp³-hybridized carbons (Fsp3) is 0.381. The van der Waals surface area contributed by atoms with Crippen molar-refractivity contribution in [3.8, 4) is 22.9 Å². The van der Waals surface area contributed by atoms with Gasteiger partial charge in [-0.15, -0.1) is 10.2 Å². The van der Waals surface area contributed by atoms with E-state index in [0.717, 1.165) is 23.7 Å². The molecule has 0 aliphatic rings. The van der Waals surface area contributed by atoms with E-state index >= 15 is 0 Å². The number of ether oxygens (including phenoxy) is 2. The standard InChI is InChI=1S/C21H26N4O4S/c1-13(2)11-25-20(16-8-9-29-14(16)3)23-24-21(25)30-12-19(26)22-17-7-6-15(27-4)10-18(17)28-5/h6-10,13H,11-12H2,1-5H3,(H,22,26). The maximum atomic E-state index is 12.5. The van der Waals surface area contributed by atoms with Crippen LogP contribution in [0.1, 0.15) is 19.6 Å². The Morgan fingerprint density at radius 2 is 2.03 bits per heavy atom. The second-order valence-corrected chi connectivity index (χ2v) is 8.05. The Labute approximate surface area is 180 Å². The van der Waals surface area contributed by atoms with Crippen molar-refractivity contribution < 1.29 is 18.7 Å². The zero-order valence-electron chi connectivity index (χ0n) is 17.8. The van der Waals surface area contributed by atoms with Crippen LogP contribution in [0.2, 0.25) is 0 Å². The molecule has 0 radical (unpaired) electrons. The largest absolute Gasteiger partial charge is 0.497 e. The first-order valence-electron chi connectivity index (χ1n) is 9.55. The molecule has 160 valence electrons. The summed E-state index contributed by atoms with van der Waals surface area (Å²) < 4.78 is 18.0. The molecule has 0 aliphatic heterocycles. The average molecular weight is 431 g/mol. The van der Waals surface area contributed by atoms with Crippen molar-refractivity contribution >= 4 is 23.4 Å². The summed E-state index contributed by atoms with van der Waals surface area (Å²) in [5, 5.41) is 12.2. The summed E-state index contributed by atoms with van der Waals surface area (Å²) in [4.78, 5) is 12.5. The first-order valence-corrected chi connectivity index (χ1v) is 10.5. The molecule has 0 spiro atoms. The van der Waals surface area contributed by atoms with Crippen LogP contribution in [-0.2, 0) is 11.3 Å². The van der Waals surface area contributed by atoms with Gasteiger partial charge in [-0.25, -0.2) is 0 Å². The fourth-order valence-electron chi connectivity index (χ4n) is 2.96. The highest BCUT2D eigenvalue weighted by Crippen LogP contribution is 2.30. The van der Waals surface area contributed by atoms with Crippen LogP contribution in [0, 0.1) is 12.8 Å². The number of nitrogens with zero attached hydrogens (tertiary/aromatic N) is 3. The molecule has 8 nitrogen and oxygen atoms in total. The Hall–Kier alpha value is -2.94. The van der Waals surface area contributed by atoms with Crippen LogP contribution < -0.4 is 14.8 Å². The van der Waals surface area contributed by atoms with E-state index in [1.54, 1.807) is 38.7 Å². The monoisotopic (exact) mass is 430 g/mol. The number of benzene rings is 1. The third-order valence-corrected chi connectivity index (χ3v) is 5.35. The van der Waals surface area contributed by atoms with Crippen LogP contribution in [0.3, 0.4) is 0 Å². The molecule has 2 heterocycles. The highest BCUT2D eigenvalue weighted by molar-refractivity contribution is 7.99. The van der Waals surface area contributed by atoms with Crippen molar-refractivity contribution in [1.82, 2.24) is 14.8 Å². The second kappa shape index (κ2) is 9.71. The van der Waals surface area contributed by atoms with Crippen molar-refractivity contribution in [3.05, 3.63) is 36.3 Å². The highest BCUT2D eigenvalue weighted by atomic mass is 32.2. The summed E-state index contributed by atoms with van der Waals surface area (Å²) in [6.45, 7) is 6.89. The minimum atomic E-state index is -0.163. The second-order valence-electron chi connectivity index (χ2n) is 7.10. The lowest BCUT2D eigenvalue weighted by Gasteiger charge is -2.13. The molecule has 30 heavy (non-hydrogen) atoms. The summed E-state index contributed by atoms with van der Waals surface area (Å²) in [5.41, 5.74) is 1.49. The van der Waals surface area contributed by atoms with Crippen molar-refractivity contribution in [3.63, 3.8) is 0 Å². The maximum absolute atomic E-state index is 12.5. The zero-order valence-corrected chi connectivity index (χ0v) is 18.6. The number of carbonyl (C=O) groups excluding carboxylic acids is 1. The molecule has 9 heteroatoms. The van der Waals surface area contributed by atoms with E-state index in [1.165, 1.54) is 11.8 Å². The van der Waals surface area contributed by atoms with Gasteiger partial charge in [0.1, 0.15) is 17.3 Å². The average Bonchev–Trinajstić information content (AvgIpc) is 3.31. The SMILES string of the molecule is COc1ccc(NC(=O)CSc2nnc(-c3ccoc3C)n2CC(C)C)c(OC)c1. The van der Waals surface area contributed by atoms with Gasteiger partial charge in [-0.2, -0.15) is 0 Å². The summed E-state index contributed by atoms with van der Waals surface area (Å²) in [5.74, 6) is 3.14. The van der Waals surface area contributed by atoms with Crippen LogP contribution in [0.15, 0.2) is 40.1 Å². The van der Waals surface area contributed by atoms with Gasteiger partial charge in [0, 0.05) is 12.6 Å². The van der Waals surface area contributed by atoms with Crippen LogP contribution in [0.5, 0.6) is 11.5 Å². The third kappa shape index (κ3) is 4.96. The lowest BCUT2D eigenvalue weighted by molar-refractivity contribution is -0.113. The quantitative estimate of drug-likeness (QED) is 0.507. The number of anilines is 1. The topological polar surface area (TPSA) is 91.4 Å². The van der Waals surface area contributed by atoms with Crippen LogP contribution in [-0.4, -0.2) is 40.6 Å². The van der Waals surface area contributed by atoms with Crippen molar-refractivity contribution in [2.75, 3.05) is 25.3 Å². The van der Waals surface area contributed by atoms with Crippen molar-refractivity contribution in [1.29, 1.82) is 0 Å². The van der Waals surface area contributed by atoms with E-state index in [0.29, 0.717) is 28.3 Å². The van der Waals surface area contributed by atoms with Gasteiger partial charge in [0.15, 0.2) is 11.0 Å². The molecule has 2 aromatic heterocycles. The molecule has 0 saturated heterocycles. The normalized spacial score (nSPS) is 11.0. The van der Waals surface area contributed by atoms with Gasteiger partial charge >= 0.3 is 0 Å². The predicted octanol–water partition coefficient (Wildman–Crippen LogP) is 4.25. The molecule has 3 aromatic rings. The molecule has 0 fully saturated rings. The molecule has 1 amide bonds. The molecular formula is C21H26N4O4S. The van der Waals surface area contributed by atoms with E-state index in [9.17, 15) is 4.79 Å². The summed E-state index contributed by atoms with van der Waals surface area (Å²) in [6.07, 6.45) is 1.64. The number of methoxy groups -OCH3 is 2. The van der Waals surface area contributed by atoms with Gasteiger partial charge in [-0.1, -0.05) is 25.6 Å². The fourth-order valence-corrected chi connectivity index (χ4v) is 3.71. The highest BCUT2D eigenvalue weighted by Gasteiger charge is 2.19. The van der Waals surface area contributed by atoms with Crippen LogP contribution >= 0.6 is 11.8 Å². The van der Waals surface area contributed by atoms with Gasteiger partial charge in [-0.3, -0.25) is 4.79 Å². The Morgan fingerprint density at radius 1 is 1.23 bits per heavy atom. The number of aromatic nitrogens is 3. The van der Waals surface area contributed by atoms with Crippen molar-refractivity contribution in [2.45, 2.75) is 32.5 Å². The molecule has 0 aliphatic carbocycles. The number of amides is 1. The molecule has 0 unspecified atom stereocenters. The number of hydrogen-bond acceptors (Lipinski definition) is 7. The molecule has 3 rings (SSSR count). The summed E-state index contributed by atoms with van der Waals surface area (Å²) in [7, 11) is 3.13. The molecule has 1 aromatic carbocycles. The maximum Gasteiger partial charge on any atom is 0.234 e. The van der Waals surface area contributed by atoms with Gasteiger partial charge in [-0.05, 0) is 31.0 Å². The summed E-state index contributed by atoms with van der Waals surface area (Å²) >= 11 is 1.34. The number of hydrogen-bond donors (Lipinski definition) is 1. The van der Waals surface area contributed by atoms with Gasteiger partial charge in [0.05, 0.1) is 37.5 Å². The number of rotatable bonds is 9. The minimum absolute atomic E-state index is 0.163. The number of thioether (sulfide) groups is 1. The minimum Gasteiger partial charge on any atom is -0.497 e. The number of carbonyl (C=O) groups is 1. The molecule has 0 atom stereocenters. The van der Waals surface area contributed by atoms with Crippen LogP contribution in [0.25, 0.3) is 11.4 Å². The molecule has 0 bridgehead atoms. The molecular weight excluding hydrogens is 404 g/mol. The Balaban J connectivity index is 1.73. The van der Waals surface area contributed by atoms with Gasteiger partial charge < -0.3 is 23.8 Å². The smallest absolute Gasteiger partial charge is 0.234 e. The molecule has 1 N–H and O–H groups in total. The Kier molecular flexibility index (Phi) is 7.04. The number of nitrogens with one attached hydrogen (secondary N) is 1. The van der Waals surface area contributed by atoms with E-state index < -0.39 is 0 Å². The third-order valence-electron chi connectivity index (χ3n) is 4.38. The Bertz CT molecular complexity index is 1010. The summed E-state index contributed by atoms with van der Waals surface area (Å²) in [6, 6.07) is 7.13. The van der Waals surface area contributed by atoms with Crippen LogP contribution in [0.4, 0.5) is 5.69 Å². The number of aryl methyl sites for hydroxylation is 1. The van der Waals surface area contributed by atoms with Crippen molar-refractivity contribution in [2.24, 2.45) is 5.92 Å². The zero-order chi connectivity index (χ0) is 21.7. The molecule has 0 saturated carbocycles. The first kappa shape index (κ1) is 21.8. The van der Waals surface area contributed by atoms with E-state index in [1.807, 2.05) is 17.6 Å². The predicted molar refractivity (Wildman–Crippen MR) is 116 cm³/mol. The first-order chi connectivity index (χ1) is 14.4.